The van der Waals surface area contributed by atoms with Gasteiger partial charge in [-0.2, -0.15) is 0 Å². The summed E-state index contributed by atoms with van der Waals surface area (Å²) in [5.74, 6) is -0.712. The number of halogens is 3. The lowest BCUT2D eigenvalue weighted by Crippen LogP contribution is -2.28. The Hall–Kier alpha value is -1.56. The van der Waals surface area contributed by atoms with Crippen LogP contribution in [0.15, 0.2) is 40.9 Å². The molecule has 1 saturated heterocycles. The topological polar surface area (TPSA) is 49.4 Å². The van der Waals surface area contributed by atoms with Gasteiger partial charge in [0.2, 0.25) is 11.8 Å². The maximum absolute atomic E-state index is 12.5. The Morgan fingerprint density at radius 2 is 1.96 bits per heavy atom. The predicted octanol–water partition coefficient (Wildman–Crippen LogP) is 5.06. The summed E-state index contributed by atoms with van der Waals surface area (Å²) in [5.41, 5.74) is 2.25. The second-order valence-electron chi connectivity index (χ2n) is 5.96. The third-order valence-corrected chi connectivity index (χ3v) is 5.79. The van der Waals surface area contributed by atoms with Crippen LogP contribution in [0.5, 0.6) is 0 Å². The monoisotopic (exact) mass is 440 g/mol. The van der Waals surface area contributed by atoms with Crippen LogP contribution in [0.2, 0.25) is 10.0 Å². The molecule has 1 N–H and O–H groups in total. The number of hydrogen-bond acceptors (Lipinski definition) is 2. The molecule has 130 valence electrons. The number of amides is 2. The van der Waals surface area contributed by atoms with Crippen LogP contribution in [-0.4, -0.2) is 18.4 Å². The molecule has 2 aromatic carbocycles. The molecule has 4 nitrogen and oxygen atoms in total. The molecule has 0 aliphatic carbocycles. The number of benzene rings is 2. The molecule has 0 bridgehead atoms. The Bertz CT molecular complexity index is 857. The van der Waals surface area contributed by atoms with Gasteiger partial charge in [-0.3, -0.25) is 9.59 Å². The van der Waals surface area contributed by atoms with E-state index in [2.05, 4.69) is 21.2 Å². The summed E-state index contributed by atoms with van der Waals surface area (Å²) in [5, 5.41) is 3.93. The summed E-state index contributed by atoms with van der Waals surface area (Å²) >= 11 is 15.5. The van der Waals surface area contributed by atoms with Crippen LogP contribution in [0.25, 0.3) is 0 Å². The molecule has 0 radical (unpaired) electrons. The minimum Gasteiger partial charge on any atom is -0.326 e. The van der Waals surface area contributed by atoms with Crippen molar-refractivity contribution < 1.29 is 9.59 Å². The van der Waals surface area contributed by atoms with E-state index in [1.807, 2.05) is 19.1 Å². The van der Waals surface area contributed by atoms with E-state index in [0.29, 0.717) is 28.0 Å². The third kappa shape index (κ3) is 4.00. The predicted molar refractivity (Wildman–Crippen MR) is 104 cm³/mol. The van der Waals surface area contributed by atoms with Crippen LogP contribution < -0.4 is 10.2 Å². The van der Waals surface area contributed by atoms with Crippen LogP contribution in [-0.2, 0) is 9.59 Å². The van der Waals surface area contributed by atoms with E-state index < -0.39 is 5.92 Å². The smallest absolute Gasteiger partial charge is 0.229 e. The van der Waals surface area contributed by atoms with Crippen LogP contribution in [0.4, 0.5) is 11.4 Å². The molecule has 0 aromatic heterocycles. The zero-order valence-corrected chi connectivity index (χ0v) is 16.5. The molecule has 0 unspecified atom stereocenters. The minimum absolute atomic E-state index is 0.0890. The highest BCUT2D eigenvalue weighted by Crippen LogP contribution is 2.30. The van der Waals surface area contributed by atoms with Gasteiger partial charge < -0.3 is 10.2 Å². The average Bonchev–Trinajstić information content (AvgIpc) is 2.95. The van der Waals surface area contributed by atoms with Crippen molar-refractivity contribution in [1.82, 2.24) is 0 Å². The molecule has 2 amide bonds. The van der Waals surface area contributed by atoms with Gasteiger partial charge in [-0.15, -0.1) is 0 Å². The molecule has 1 fully saturated rings. The molecule has 0 saturated carbocycles. The number of carbonyl (C=O) groups is 2. The van der Waals surface area contributed by atoms with Crippen LogP contribution in [0.1, 0.15) is 12.0 Å². The summed E-state index contributed by atoms with van der Waals surface area (Å²) < 4.78 is 0.755. The quantitative estimate of drug-likeness (QED) is 0.723. The maximum Gasteiger partial charge on any atom is 0.229 e. The highest BCUT2D eigenvalue weighted by atomic mass is 79.9. The van der Waals surface area contributed by atoms with Gasteiger partial charge in [0.1, 0.15) is 0 Å². The van der Waals surface area contributed by atoms with Crippen LogP contribution in [0, 0.1) is 12.8 Å². The highest BCUT2D eigenvalue weighted by Gasteiger charge is 2.35. The molecule has 2 aromatic rings. The minimum atomic E-state index is -0.421. The van der Waals surface area contributed by atoms with E-state index in [0.717, 1.165) is 10.0 Å². The number of nitrogens with zero attached hydrogens (tertiary/aromatic N) is 1. The Morgan fingerprint density at radius 1 is 1.20 bits per heavy atom. The summed E-state index contributed by atoms with van der Waals surface area (Å²) in [6.07, 6.45) is 0.168. The number of rotatable bonds is 3. The SMILES string of the molecule is Cc1ccc(N2C[C@H](C(=O)Nc3ccc(Br)c(Cl)c3)CC2=O)cc1Cl. The second-order valence-corrected chi connectivity index (χ2v) is 7.63. The summed E-state index contributed by atoms with van der Waals surface area (Å²) in [6, 6.07) is 10.6. The number of nitrogens with one attached hydrogen (secondary N) is 1. The standard InChI is InChI=1S/C18H15BrCl2N2O2/c1-10-2-4-13(8-15(10)20)23-9-11(6-17(23)24)18(25)22-12-3-5-14(19)16(21)7-12/h2-5,7-8,11H,6,9H2,1H3,(H,22,25)/t11-/m1/s1. The van der Waals surface area contributed by atoms with Crippen molar-refractivity contribution in [2.24, 2.45) is 5.92 Å². The van der Waals surface area contributed by atoms with Crippen molar-refractivity contribution >= 4 is 62.3 Å². The molecule has 0 spiro atoms. The van der Waals surface area contributed by atoms with E-state index in [9.17, 15) is 9.59 Å². The maximum atomic E-state index is 12.5. The molecule has 1 aliphatic heterocycles. The van der Waals surface area contributed by atoms with Crippen LogP contribution >= 0.6 is 39.1 Å². The fraction of sp³-hybridized carbons (Fsp3) is 0.222. The fourth-order valence-electron chi connectivity index (χ4n) is 2.70. The van der Waals surface area contributed by atoms with Gasteiger partial charge in [-0.1, -0.05) is 29.3 Å². The second kappa shape index (κ2) is 7.36. The van der Waals surface area contributed by atoms with E-state index in [-0.39, 0.29) is 18.2 Å². The summed E-state index contributed by atoms with van der Waals surface area (Å²) in [6.45, 7) is 2.23. The fourth-order valence-corrected chi connectivity index (χ4v) is 3.30. The molecule has 25 heavy (non-hydrogen) atoms. The first-order valence-electron chi connectivity index (χ1n) is 7.67. The zero-order valence-electron chi connectivity index (χ0n) is 13.4. The zero-order chi connectivity index (χ0) is 18.1. The molecular formula is C18H15BrCl2N2O2. The van der Waals surface area contributed by atoms with Gasteiger partial charge in [0.05, 0.1) is 10.9 Å². The molecule has 7 heteroatoms. The van der Waals surface area contributed by atoms with E-state index in [1.165, 1.54) is 0 Å². The Balaban J connectivity index is 1.71. The van der Waals surface area contributed by atoms with Crippen molar-refractivity contribution in [3.63, 3.8) is 0 Å². The Kier molecular flexibility index (Phi) is 5.37. The molecular weight excluding hydrogens is 427 g/mol. The van der Waals surface area contributed by atoms with Crippen molar-refractivity contribution in [1.29, 1.82) is 0 Å². The van der Waals surface area contributed by atoms with Crippen molar-refractivity contribution in [2.45, 2.75) is 13.3 Å². The Labute approximate surface area is 164 Å². The van der Waals surface area contributed by atoms with Crippen molar-refractivity contribution in [2.75, 3.05) is 16.8 Å². The molecule has 1 aliphatic rings. The largest absolute Gasteiger partial charge is 0.326 e. The normalized spacial score (nSPS) is 17.0. The third-order valence-electron chi connectivity index (χ3n) is 4.15. The first-order valence-corrected chi connectivity index (χ1v) is 9.22. The van der Waals surface area contributed by atoms with Gasteiger partial charge in [-0.25, -0.2) is 0 Å². The lowest BCUT2D eigenvalue weighted by atomic mass is 10.1. The number of anilines is 2. The average molecular weight is 442 g/mol. The van der Waals surface area contributed by atoms with Gasteiger partial charge in [0.25, 0.3) is 0 Å². The number of carbonyl (C=O) groups excluding carboxylic acids is 2. The number of aryl methyl sites for hydroxylation is 1. The lowest BCUT2D eigenvalue weighted by Gasteiger charge is -2.17. The first kappa shape index (κ1) is 18.2. The Morgan fingerprint density at radius 3 is 2.64 bits per heavy atom. The first-order chi connectivity index (χ1) is 11.8. The van der Waals surface area contributed by atoms with E-state index >= 15 is 0 Å². The van der Waals surface area contributed by atoms with E-state index in [4.69, 9.17) is 23.2 Å². The summed E-state index contributed by atoms with van der Waals surface area (Å²) in [4.78, 5) is 26.4. The summed E-state index contributed by atoms with van der Waals surface area (Å²) in [7, 11) is 0. The van der Waals surface area contributed by atoms with Gasteiger partial charge in [0, 0.05) is 33.8 Å². The van der Waals surface area contributed by atoms with Gasteiger partial charge in [-0.05, 0) is 58.7 Å². The van der Waals surface area contributed by atoms with Crippen LogP contribution in [0.3, 0.4) is 0 Å². The lowest BCUT2D eigenvalue weighted by molar-refractivity contribution is -0.122. The highest BCUT2D eigenvalue weighted by molar-refractivity contribution is 9.10. The number of hydrogen-bond donors (Lipinski definition) is 1. The van der Waals surface area contributed by atoms with Gasteiger partial charge >= 0.3 is 0 Å². The van der Waals surface area contributed by atoms with E-state index in [1.54, 1.807) is 29.2 Å². The van der Waals surface area contributed by atoms with Crippen molar-refractivity contribution in [3.05, 3.63) is 56.5 Å². The molecule has 1 heterocycles. The molecule has 1 atom stereocenters. The van der Waals surface area contributed by atoms with Crippen molar-refractivity contribution in [3.8, 4) is 0 Å². The van der Waals surface area contributed by atoms with Gasteiger partial charge in [0.15, 0.2) is 0 Å². The molecule has 3 rings (SSSR count).